The Morgan fingerprint density at radius 2 is 1.89 bits per heavy atom. The van der Waals surface area contributed by atoms with E-state index in [1.54, 1.807) is 4.90 Å². The Kier molecular flexibility index (Phi) is 5.64. The molecule has 0 aromatic carbocycles. The van der Waals surface area contributed by atoms with Crippen LogP contribution >= 0.6 is 0 Å². The van der Waals surface area contributed by atoms with E-state index >= 15 is 0 Å². The lowest BCUT2D eigenvalue weighted by atomic mass is 10.2. The van der Waals surface area contributed by atoms with E-state index in [-0.39, 0.29) is 19.1 Å². The van der Waals surface area contributed by atoms with Crippen LogP contribution < -0.4 is 0 Å². The van der Waals surface area contributed by atoms with Crippen LogP contribution in [0, 0.1) is 12.3 Å². The van der Waals surface area contributed by atoms with Gasteiger partial charge in [-0.2, -0.15) is 0 Å². The quantitative estimate of drug-likeness (QED) is 0.737. The van der Waals surface area contributed by atoms with Gasteiger partial charge in [0, 0.05) is 32.2 Å². The van der Waals surface area contributed by atoms with Gasteiger partial charge in [0.1, 0.15) is 6.54 Å². The van der Waals surface area contributed by atoms with E-state index in [0.717, 1.165) is 13.1 Å². The first-order valence-corrected chi connectivity index (χ1v) is 6.39. The summed E-state index contributed by atoms with van der Waals surface area (Å²) in [4.78, 5) is 28.0. The molecule has 1 saturated heterocycles. The number of aliphatic carboxylic acids is 1. The Labute approximate surface area is 114 Å². The second-order valence-corrected chi connectivity index (χ2v) is 4.85. The SMILES string of the molecule is C#CCN(CC(=O)O)C(=O)N1CCN(C(C)C)CC1. The van der Waals surface area contributed by atoms with Crippen LogP contribution in [0.25, 0.3) is 0 Å². The molecule has 1 heterocycles. The van der Waals surface area contributed by atoms with Crippen LogP contribution in [0.1, 0.15) is 13.8 Å². The van der Waals surface area contributed by atoms with Gasteiger partial charge in [0.2, 0.25) is 0 Å². The molecule has 1 fully saturated rings. The predicted octanol–water partition coefficient (Wildman–Crippen LogP) is 0.152. The maximum atomic E-state index is 12.2. The molecule has 1 aliphatic heterocycles. The van der Waals surface area contributed by atoms with E-state index in [1.807, 2.05) is 0 Å². The maximum absolute atomic E-state index is 12.2. The number of carbonyl (C=O) groups is 2. The number of amides is 2. The topological polar surface area (TPSA) is 64.1 Å². The fourth-order valence-electron chi connectivity index (χ4n) is 2.09. The normalized spacial score (nSPS) is 16.2. The van der Waals surface area contributed by atoms with Crippen LogP contribution in [0.3, 0.4) is 0 Å². The Morgan fingerprint density at radius 1 is 1.32 bits per heavy atom. The number of rotatable bonds is 4. The van der Waals surface area contributed by atoms with Crippen LogP contribution in [-0.2, 0) is 4.79 Å². The molecule has 6 heteroatoms. The van der Waals surface area contributed by atoms with Crippen molar-refractivity contribution in [3.63, 3.8) is 0 Å². The molecule has 0 unspecified atom stereocenters. The molecule has 106 valence electrons. The fraction of sp³-hybridized carbons (Fsp3) is 0.692. The van der Waals surface area contributed by atoms with Gasteiger partial charge in [-0.3, -0.25) is 9.69 Å². The molecule has 1 rings (SSSR count). The van der Waals surface area contributed by atoms with Gasteiger partial charge < -0.3 is 14.9 Å². The van der Waals surface area contributed by atoms with Crippen LogP contribution in [0.5, 0.6) is 0 Å². The molecular weight excluding hydrogens is 246 g/mol. The summed E-state index contributed by atoms with van der Waals surface area (Å²) < 4.78 is 0. The summed E-state index contributed by atoms with van der Waals surface area (Å²) >= 11 is 0. The van der Waals surface area contributed by atoms with Gasteiger partial charge in [-0.1, -0.05) is 5.92 Å². The molecule has 0 atom stereocenters. The van der Waals surface area contributed by atoms with Crippen molar-refractivity contribution in [1.82, 2.24) is 14.7 Å². The van der Waals surface area contributed by atoms with Crippen molar-refractivity contribution in [1.29, 1.82) is 0 Å². The third-order valence-corrected chi connectivity index (χ3v) is 3.19. The van der Waals surface area contributed by atoms with Gasteiger partial charge >= 0.3 is 12.0 Å². The number of carboxylic acid groups (broad SMARTS) is 1. The molecule has 0 spiro atoms. The maximum Gasteiger partial charge on any atom is 0.323 e. The van der Waals surface area contributed by atoms with Crippen LogP contribution in [-0.4, -0.2) is 77.1 Å². The molecule has 0 saturated carbocycles. The second kappa shape index (κ2) is 7.00. The lowest BCUT2D eigenvalue weighted by Gasteiger charge is -2.38. The summed E-state index contributed by atoms with van der Waals surface area (Å²) in [7, 11) is 0. The summed E-state index contributed by atoms with van der Waals surface area (Å²) in [5.41, 5.74) is 0. The molecule has 1 aliphatic rings. The fourth-order valence-corrected chi connectivity index (χ4v) is 2.09. The van der Waals surface area contributed by atoms with E-state index in [1.165, 1.54) is 4.90 Å². The second-order valence-electron chi connectivity index (χ2n) is 4.85. The van der Waals surface area contributed by atoms with Crippen LogP contribution in [0.2, 0.25) is 0 Å². The van der Waals surface area contributed by atoms with Crippen molar-refractivity contribution < 1.29 is 14.7 Å². The Morgan fingerprint density at radius 3 is 2.32 bits per heavy atom. The van der Waals surface area contributed by atoms with Crippen LogP contribution in [0.4, 0.5) is 4.79 Å². The standard InChI is InChI=1S/C13H21N3O3/c1-4-5-16(10-12(17)18)13(19)15-8-6-14(7-9-15)11(2)3/h1,11H,5-10H2,2-3H3,(H,17,18). The van der Waals surface area contributed by atoms with Crippen molar-refractivity contribution in [3.05, 3.63) is 0 Å². The predicted molar refractivity (Wildman–Crippen MR) is 71.7 cm³/mol. The molecule has 1 N–H and O–H groups in total. The highest BCUT2D eigenvalue weighted by atomic mass is 16.4. The molecular formula is C13H21N3O3. The smallest absolute Gasteiger partial charge is 0.323 e. The minimum absolute atomic E-state index is 0.0233. The average molecular weight is 267 g/mol. The number of hydrogen-bond donors (Lipinski definition) is 1. The van der Waals surface area contributed by atoms with Gasteiger partial charge in [-0.05, 0) is 13.8 Å². The van der Waals surface area contributed by atoms with Crippen LogP contribution in [0.15, 0.2) is 0 Å². The number of urea groups is 1. The summed E-state index contributed by atoms with van der Waals surface area (Å²) in [5.74, 6) is 1.27. The van der Waals surface area contributed by atoms with Crippen molar-refractivity contribution in [2.45, 2.75) is 19.9 Å². The monoisotopic (exact) mass is 267 g/mol. The molecule has 2 amide bonds. The number of hydrogen-bond acceptors (Lipinski definition) is 3. The number of piperazine rings is 1. The number of nitrogens with zero attached hydrogens (tertiary/aromatic N) is 3. The Hall–Kier alpha value is -1.74. The van der Waals surface area contributed by atoms with E-state index in [0.29, 0.717) is 19.1 Å². The molecule has 0 aromatic heterocycles. The molecule has 0 aromatic rings. The summed E-state index contributed by atoms with van der Waals surface area (Å²) in [6.07, 6.45) is 5.17. The highest BCUT2D eigenvalue weighted by Gasteiger charge is 2.26. The molecule has 0 radical (unpaired) electrons. The number of terminal acetylenes is 1. The Bertz CT molecular complexity index is 368. The first kappa shape index (κ1) is 15.3. The number of carboxylic acids is 1. The van der Waals surface area contributed by atoms with Gasteiger partial charge in [-0.15, -0.1) is 6.42 Å². The summed E-state index contributed by atoms with van der Waals surface area (Å²) in [6.45, 7) is 6.73. The lowest BCUT2D eigenvalue weighted by molar-refractivity contribution is -0.137. The van der Waals surface area contributed by atoms with Gasteiger partial charge in [0.05, 0.1) is 6.54 Å². The first-order valence-electron chi connectivity index (χ1n) is 6.39. The molecule has 19 heavy (non-hydrogen) atoms. The highest BCUT2D eigenvalue weighted by Crippen LogP contribution is 2.08. The van der Waals surface area contributed by atoms with E-state index in [9.17, 15) is 9.59 Å². The minimum Gasteiger partial charge on any atom is -0.480 e. The highest BCUT2D eigenvalue weighted by molar-refractivity contribution is 5.80. The molecule has 6 nitrogen and oxygen atoms in total. The zero-order valence-corrected chi connectivity index (χ0v) is 11.5. The van der Waals surface area contributed by atoms with Crippen molar-refractivity contribution in [2.24, 2.45) is 0 Å². The van der Waals surface area contributed by atoms with Gasteiger partial charge in [0.25, 0.3) is 0 Å². The van der Waals surface area contributed by atoms with Crippen molar-refractivity contribution in [3.8, 4) is 12.3 Å². The van der Waals surface area contributed by atoms with Gasteiger partial charge in [0.15, 0.2) is 0 Å². The third kappa shape index (κ3) is 4.45. The molecule has 0 bridgehead atoms. The minimum atomic E-state index is -1.05. The largest absolute Gasteiger partial charge is 0.480 e. The summed E-state index contributed by atoms with van der Waals surface area (Å²) in [6, 6.07) is 0.168. The van der Waals surface area contributed by atoms with Crippen molar-refractivity contribution >= 4 is 12.0 Å². The average Bonchev–Trinajstić information content (AvgIpc) is 2.37. The zero-order valence-electron chi connectivity index (χ0n) is 11.5. The first-order chi connectivity index (χ1) is 8.95. The van der Waals surface area contributed by atoms with E-state index in [4.69, 9.17) is 11.5 Å². The van der Waals surface area contributed by atoms with Crippen molar-refractivity contribution in [2.75, 3.05) is 39.3 Å². The zero-order chi connectivity index (χ0) is 14.4. The lowest BCUT2D eigenvalue weighted by Crippen LogP contribution is -2.54. The third-order valence-electron chi connectivity index (χ3n) is 3.19. The number of carbonyl (C=O) groups excluding carboxylic acids is 1. The summed E-state index contributed by atoms with van der Waals surface area (Å²) in [5, 5.41) is 8.78. The van der Waals surface area contributed by atoms with E-state index < -0.39 is 5.97 Å². The Balaban J connectivity index is 2.57. The molecule has 0 aliphatic carbocycles. The van der Waals surface area contributed by atoms with Gasteiger partial charge in [-0.25, -0.2) is 4.79 Å². The van der Waals surface area contributed by atoms with E-state index in [2.05, 4.69) is 24.7 Å².